The molecule has 6 nitrogen and oxygen atoms in total. The zero-order valence-electron chi connectivity index (χ0n) is 12.1. The SMILES string of the molecule is CCCNc1nc(C(C)S(C)(=O)=O)nc(COC)c1Br. The molecule has 0 radical (unpaired) electrons. The summed E-state index contributed by atoms with van der Waals surface area (Å²) >= 11 is 3.43. The minimum Gasteiger partial charge on any atom is -0.378 e. The van der Waals surface area contributed by atoms with Crippen LogP contribution in [0.5, 0.6) is 0 Å². The number of nitrogens with one attached hydrogen (secondary N) is 1. The van der Waals surface area contributed by atoms with Gasteiger partial charge >= 0.3 is 0 Å². The molecule has 0 fully saturated rings. The lowest BCUT2D eigenvalue weighted by Crippen LogP contribution is -2.15. The number of aromatic nitrogens is 2. The van der Waals surface area contributed by atoms with Crippen molar-refractivity contribution in [2.45, 2.75) is 32.1 Å². The summed E-state index contributed by atoms with van der Waals surface area (Å²) < 4.78 is 29.1. The van der Waals surface area contributed by atoms with E-state index in [-0.39, 0.29) is 12.4 Å². The lowest BCUT2D eigenvalue weighted by Gasteiger charge is -2.15. The van der Waals surface area contributed by atoms with Crippen molar-refractivity contribution in [2.75, 3.05) is 25.2 Å². The standard InChI is InChI=1S/C12H20BrN3O3S/c1-5-6-14-12-10(13)9(7-19-3)15-11(16-12)8(2)20(4,17)18/h8H,5-7H2,1-4H3,(H,14,15,16). The second kappa shape index (κ2) is 7.33. The molecular formula is C12H20BrN3O3S. The van der Waals surface area contributed by atoms with Crippen LogP contribution in [0.2, 0.25) is 0 Å². The van der Waals surface area contributed by atoms with Crippen LogP contribution in [-0.2, 0) is 21.2 Å². The number of nitrogens with zero attached hydrogens (tertiary/aromatic N) is 2. The number of anilines is 1. The van der Waals surface area contributed by atoms with E-state index in [9.17, 15) is 8.42 Å². The summed E-state index contributed by atoms with van der Waals surface area (Å²) in [4.78, 5) is 8.61. The predicted octanol–water partition coefficient (Wildman–Crippen LogP) is 2.31. The van der Waals surface area contributed by atoms with E-state index in [0.717, 1.165) is 13.0 Å². The molecule has 0 bridgehead atoms. The van der Waals surface area contributed by atoms with Crippen molar-refractivity contribution in [3.05, 3.63) is 16.0 Å². The zero-order valence-corrected chi connectivity index (χ0v) is 14.5. The van der Waals surface area contributed by atoms with Crippen molar-refractivity contribution in [2.24, 2.45) is 0 Å². The van der Waals surface area contributed by atoms with Gasteiger partial charge in [0, 0.05) is 19.9 Å². The van der Waals surface area contributed by atoms with Crippen molar-refractivity contribution >= 4 is 31.6 Å². The lowest BCUT2D eigenvalue weighted by atomic mass is 10.3. The van der Waals surface area contributed by atoms with Gasteiger partial charge in [0.2, 0.25) is 0 Å². The van der Waals surface area contributed by atoms with E-state index >= 15 is 0 Å². The minimum atomic E-state index is -3.25. The highest BCUT2D eigenvalue weighted by Gasteiger charge is 2.23. The second-order valence-corrected chi connectivity index (χ2v) is 7.68. The molecule has 0 spiro atoms. The molecule has 0 saturated carbocycles. The molecule has 1 aromatic heterocycles. The molecule has 0 amide bonds. The molecular weight excluding hydrogens is 346 g/mol. The maximum absolute atomic E-state index is 11.7. The molecule has 1 atom stereocenters. The Balaban J connectivity index is 3.28. The number of methoxy groups -OCH3 is 1. The van der Waals surface area contributed by atoms with Crippen molar-refractivity contribution < 1.29 is 13.2 Å². The fourth-order valence-electron chi connectivity index (χ4n) is 1.48. The fourth-order valence-corrected chi connectivity index (χ4v) is 2.40. The molecule has 0 aliphatic carbocycles. The van der Waals surface area contributed by atoms with Crippen LogP contribution in [0.3, 0.4) is 0 Å². The van der Waals surface area contributed by atoms with Crippen LogP contribution < -0.4 is 5.32 Å². The van der Waals surface area contributed by atoms with Crippen LogP contribution in [-0.4, -0.2) is 38.3 Å². The van der Waals surface area contributed by atoms with Crippen LogP contribution in [0.1, 0.15) is 37.0 Å². The molecule has 0 aromatic carbocycles. The van der Waals surface area contributed by atoms with Gasteiger partial charge in [-0.05, 0) is 29.3 Å². The van der Waals surface area contributed by atoms with Crippen molar-refractivity contribution in [1.29, 1.82) is 0 Å². The fraction of sp³-hybridized carbons (Fsp3) is 0.667. The predicted molar refractivity (Wildman–Crippen MR) is 82.5 cm³/mol. The van der Waals surface area contributed by atoms with Crippen LogP contribution in [0.15, 0.2) is 4.47 Å². The average Bonchev–Trinajstić information content (AvgIpc) is 2.38. The average molecular weight is 366 g/mol. The first-order valence-electron chi connectivity index (χ1n) is 6.29. The van der Waals surface area contributed by atoms with Gasteiger partial charge in [-0.3, -0.25) is 0 Å². The third-order valence-electron chi connectivity index (χ3n) is 2.77. The zero-order chi connectivity index (χ0) is 15.3. The van der Waals surface area contributed by atoms with E-state index in [1.807, 2.05) is 6.92 Å². The highest BCUT2D eigenvalue weighted by molar-refractivity contribution is 9.10. The first kappa shape index (κ1) is 17.3. The molecule has 1 aromatic rings. The largest absolute Gasteiger partial charge is 0.378 e. The summed E-state index contributed by atoms with van der Waals surface area (Å²) in [6.07, 6.45) is 2.12. The number of rotatable bonds is 7. The molecule has 0 aliphatic heterocycles. The Morgan fingerprint density at radius 1 is 1.40 bits per heavy atom. The van der Waals surface area contributed by atoms with Gasteiger partial charge in [0.1, 0.15) is 16.9 Å². The normalized spacial score (nSPS) is 13.2. The Hall–Kier alpha value is -0.730. The summed E-state index contributed by atoms with van der Waals surface area (Å²) in [5.74, 6) is 0.876. The third-order valence-corrected chi connectivity index (χ3v) is 5.09. The first-order chi connectivity index (χ1) is 9.31. The van der Waals surface area contributed by atoms with Crippen molar-refractivity contribution in [3.63, 3.8) is 0 Å². The molecule has 20 heavy (non-hydrogen) atoms. The third kappa shape index (κ3) is 4.39. The van der Waals surface area contributed by atoms with Crippen LogP contribution >= 0.6 is 15.9 Å². The van der Waals surface area contributed by atoms with E-state index in [1.54, 1.807) is 14.0 Å². The van der Waals surface area contributed by atoms with Crippen LogP contribution in [0.25, 0.3) is 0 Å². The Bertz CT molecular complexity index is 563. The number of halogens is 1. The lowest BCUT2D eigenvalue weighted by molar-refractivity contribution is 0.180. The van der Waals surface area contributed by atoms with E-state index in [0.29, 0.717) is 16.0 Å². The minimum absolute atomic E-state index is 0.279. The Morgan fingerprint density at radius 2 is 2.05 bits per heavy atom. The summed E-state index contributed by atoms with van der Waals surface area (Å²) in [5.41, 5.74) is 0.631. The van der Waals surface area contributed by atoms with E-state index < -0.39 is 15.1 Å². The Morgan fingerprint density at radius 3 is 2.55 bits per heavy atom. The second-order valence-electron chi connectivity index (χ2n) is 4.52. The van der Waals surface area contributed by atoms with E-state index in [1.165, 1.54) is 6.26 Å². The molecule has 1 N–H and O–H groups in total. The van der Waals surface area contributed by atoms with Crippen LogP contribution in [0, 0.1) is 0 Å². The van der Waals surface area contributed by atoms with Gasteiger partial charge in [0.05, 0.1) is 16.8 Å². The van der Waals surface area contributed by atoms with Gasteiger partial charge in [0.15, 0.2) is 9.84 Å². The highest BCUT2D eigenvalue weighted by Crippen LogP contribution is 2.28. The molecule has 0 aliphatic rings. The van der Waals surface area contributed by atoms with Crippen molar-refractivity contribution in [3.8, 4) is 0 Å². The maximum Gasteiger partial charge on any atom is 0.157 e. The molecule has 0 saturated heterocycles. The number of hydrogen-bond donors (Lipinski definition) is 1. The summed E-state index contributed by atoms with van der Waals surface area (Å²) in [6, 6.07) is 0. The van der Waals surface area contributed by atoms with Crippen LogP contribution in [0.4, 0.5) is 5.82 Å². The Kier molecular flexibility index (Phi) is 6.35. The summed E-state index contributed by atoms with van der Waals surface area (Å²) in [6.45, 7) is 4.65. The van der Waals surface area contributed by atoms with Crippen molar-refractivity contribution in [1.82, 2.24) is 9.97 Å². The quantitative estimate of drug-likeness (QED) is 0.798. The smallest absolute Gasteiger partial charge is 0.157 e. The number of ether oxygens (including phenoxy) is 1. The molecule has 1 unspecified atom stereocenters. The van der Waals surface area contributed by atoms with Gasteiger partial charge in [-0.15, -0.1) is 0 Å². The Labute approximate surface area is 128 Å². The first-order valence-corrected chi connectivity index (χ1v) is 9.04. The number of sulfone groups is 1. The summed E-state index contributed by atoms with van der Waals surface area (Å²) in [5, 5.41) is 2.40. The van der Waals surface area contributed by atoms with Gasteiger partial charge in [-0.2, -0.15) is 0 Å². The van der Waals surface area contributed by atoms with Gasteiger partial charge in [0.25, 0.3) is 0 Å². The monoisotopic (exact) mass is 365 g/mol. The number of hydrogen-bond acceptors (Lipinski definition) is 6. The molecule has 8 heteroatoms. The van der Waals surface area contributed by atoms with E-state index in [2.05, 4.69) is 31.2 Å². The summed E-state index contributed by atoms with van der Waals surface area (Å²) in [7, 11) is -1.68. The maximum atomic E-state index is 11.7. The molecule has 1 rings (SSSR count). The molecule has 1 heterocycles. The van der Waals surface area contributed by atoms with Gasteiger partial charge in [-0.1, -0.05) is 6.92 Å². The van der Waals surface area contributed by atoms with E-state index in [4.69, 9.17) is 4.74 Å². The van der Waals surface area contributed by atoms with Gasteiger partial charge in [-0.25, -0.2) is 18.4 Å². The van der Waals surface area contributed by atoms with Gasteiger partial charge < -0.3 is 10.1 Å². The topological polar surface area (TPSA) is 81.2 Å². The molecule has 114 valence electrons. The highest BCUT2D eigenvalue weighted by atomic mass is 79.9.